The van der Waals surface area contributed by atoms with Crippen LogP contribution in [0.5, 0.6) is 0 Å². The Kier molecular flexibility index (Phi) is 5.35. The van der Waals surface area contributed by atoms with Crippen LogP contribution in [-0.4, -0.2) is 24.9 Å². The third-order valence-electron chi connectivity index (χ3n) is 7.23. The molecule has 0 fully saturated rings. The summed E-state index contributed by atoms with van der Waals surface area (Å²) in [5.41, 5.74) is 6.86. The first-order chi connectivity index (χ1) is 20.3. The Balaban J connectivity index is 1.24. The molecule has 0 saturated carbocycles. The molecular formula is C35H21N5O. The SMILES string of the molecule is c1ccc(-c2nc(-c3ccccc3)nc(-c3ccc4cc(-c5ncnc6c5oc5ccccc56)ccc4c3)n2)cc1. The number of hydrogen-bond acceptors (Lipinski definition) is 6. The molecule has 0 radical (unpaired) electrons. The number of nitrogens with zero attached hydrogens (tertiary/aromatic N) is 5. The zero-order chi connectivity index (χ0) is 27.2. The Labute approximate surface area is 235 Å². The van der Waals surface area contributed by atoms with Crippen LogP contribution in [0.3, 0.4) is 0 Å². The highest BCUT2D eigenvalue weighted by atomic mass is 16.3. The third-order valence-corrected chi connectivity index (χ3v) is 7.23. The summed E-state index contributed by atoms with van der Waals surface area (Å²) in [6, 6.07) is 40.5. The predicted octanol–water partition coefficient (Wildman–Crippen LogP) is 8.38. The molecule has 8 aromatic rings. The molecule has 192 valence electrons. The molecule has 3 aromatic heterocycles. The summed E-state index contributed by atoms with van der Waals surface area (Å²) < 4.78 is 6.17. The van der Waals surface area contributed by atoms with E-state index in [1.165, 1.54) is 0 Å². The second-order valence-corrected chi connectivity index (χ2v) is 9.81. The van der Waals surface area contributed by atoms with E-state index in [1.807, 2.05) is 84.9 Å². The molecule has 0 aliphatic rings. The maximum Gasteiger partial charge on any atom is 0.180 e. The molecule has 6 nitrogen and oxygen atoms in total. The molecule has 6 heteroatoms. The Bertz CT molecular complexity index is 2150. The number of benzene rings is 5. The van der Waals surface area contributed by atoms with Crippen molar-refractivity contribution in [2.45, 2.75) is 0 Å². The van der Waals surface area contributed by atoms with Gasteiger partial charge in [0, 0.05) is 27.6 Å². The van der Waals surface area contributed by atoms with Gasteiger partial charge in [0.05, 0.1) is 0 Å². The summed E-state index contributed by atoms with van der Waals surface area (Å²) in [5, 5.41) is 3.14. The van der Waals surface area contributed by atoms with E-state index >= 15 is 0 Å². The molecule has 0 aliphatic heterocycles. The van der Waals surface area contributed by atoms with Gasteiger partial charge in [-0.1, -0.05) is 97.1 Å². The van der Waals surface area contributed by atoms with Crippen molar-refractivity contribution in [3.63, 3.8) is 0 Å². The standard InChI is InChI=1S/C35H21N5O/c1-3-9-22(10-4-1)33-38-34(23-11-5-2-6-12-23)40-35(39-33)27-18-16-24-19-26(17-15-25(24)20-27)30-32-31(37-21-36-30)28-13-7-8-14-29(28)41-32/h1-21H. The largest absolute Gasteiger partial charge is 0.452 e. The molecule has 0 atom stereocenters. The molecule has 5 aromatic carbocycles. The van der Waals surface area contributed by atoms with E-state index in [2.05, 4.69) is 46.4 Å². The first-order valence-electron chi connectivity index (χ1n) is 13.3. The molecule has 41 heavy (non-hydrogen) atoms. The van der Waals surface area contributed by atoms with Crippen LogP contribution in [0.2, 0.25) is 0 Å². The van der Waals surface area contributed by atoms with Crippen LogP contribution in [0, 0.1) is 0 Å². The summed E-state index contributed by atoms with van der Waals surface area (Å²) in [7, 11) is 0. The van der Waals surface area contributed by atoms with Gasteiger partial charge < -0.3 is 4.42 Å². The molecule has 8 rings (SSSR count). The van der Waals surface area contributed by atoms with Crippen molar-refractivity contribution in [3.05, 3.63) is 128 Å². The lowest BCUT2D eigenvalue weighted by Gasteiger charge is -2.09. The lowest BCUT2D eigenvalue weighted by atomic mass is 10.0. The molecule has 3 heterocycles. The van der Waals surface area contributed by atoms with Crippen molar-refractivity contribution >= 4 is 32.8 Å². The van der Waals surface area contributed by atoms with Crippen molar-refractivity contribution in [3.8, 4) is 45.4 Å². The fraction of sp³-hybridized carbons (Fsp3) is 0. The monoisotopic (exact) mass is 527 g/mol. The van der Waals surface area contributed by atoms with Crippen LogP contribution in [-0.2, 0) is 0 Å². The number of aromatic nitrogens is 5. The van der Waals surface area contributed by atoms with E-state index in [9.17, 15) is 0 Å². The molecular weight excluding hydrogens is 506 g/mol. The number of rotatable bonds is 4. The molecule has 0 aliphatic carbocycles. The van der Waals surface area contributed by atoms with E-state index in [0.29, 0.717) is 23.1 Å². The second kappa shape index (κ2) is 9.47. The van der Waals surface area contributed by atoms with E-state index in [0.717, 1.165) is 55.2 Å². The molecule has 0 spiro atoms. The molecule has 0 unspecified atom stereocenters. The zero-order valence-electron chi connectivity index (χ0n) is 21.8. The Morgan fingerprint density at radius 1 is 0.463 bits per heavy atom. The third kappa shape index (κ3) is 4.10. The Morgan fingerprint density at radius 2 is 1.02 bits per heavy atom. The highest BCUT2D eigenvalue weighted by Crippen LogP contribution is 2.35. The molecule has 0 N–H and O–H groups in total. The van der Waals surface area contributed by atoms with Crippen LogP contribution >= 0.6 is 0 Å². The van der Waals surface area contributed by atoms with Crippen LogP contribution in [0.1, 0.15) is 0 Å². The van der Waals surface area contributed by atoms with Gasteiger partial charge in [-0.25, -0.2) is 24.9 Å². The van der Waals surface area contributed by atoms with Crippen molar-refractivity contribution < 1.29 is 4.42 Å². The van der Waals surface area contributed by atoms with Crippen LogP contribution in [0.25, 0.3) is 78.3 Å². The fourth-order valence-electron chi connectivity index (χ4n) is 5.20. The quantitative estimate of drug-likeness (QED) is 0.229. The van der Waals surface area contributed by atoms with Crippen LogP contribution < -0.4 is 0 Å². The normalized spacial score (nSPS) is 11.4. The minimum atomic E-state index is 0.628. The molecule has 0 saturated heterocycles. The van der Waals surface area contributed by atoms with E-state index in [-0.39, 0.29) is 0 Å². The second-order valence-electron chi connectivity index (χ2n) is 9.81. The number of furan rings is 1. The Morgan fingerprint density at radius 3 is 1.71 bits per heavy atom. The summed E-state index contributed by atoms with van der Waals surface area (Å²) >= 11 is 0. The average molecular weight is 528 g/mol. The minimum absolute atomic E-state index is 0.628. The Hall–Kier alpha value is -5.75. The zero-order valence-corrected chi connectivity index (χ0v) is 21.8. The van der Waals surface area contributed by atoms with E-state index in [1.54, 1.807) is 6.33 Å². The summed E-state index contributed by atoms with van der Waals surface area (Å²) in [5.74, 6) is 1.91. The highest BCUT2D eigenvalue weighted by molar-refractivity contribution is 6.06. The smallest absolute Gasteiger partial charge is 0.180 e. The van der Waals surface area contributed by atoms with Gasteiger partial charge in [-0.05, 0) is 35.0 Å². The number of para-hydroxylation sites is 1. The van der Waals surface area contributed by atoms with Gasteiger partial charge in [0.2, 0.25) is 0 Å². The highest BCUT2D eigenvalue weighted by Gasteiger charge is 2.16. The first kappa shape index (κ1) is 23.2. The summed E-state index contributed by atoms with van der Waals surface area (Å²) in [4.78, 5) is 23.6. The van der Waals surface area contributed by atoms with Crippen molar-refractivity contribution in [2.24, 2.45) is 0 Å². The van der Waals surface area contributed by atoms with Crippen molar-refractivity contribution in [1.29, 1.82) is 0 Å². The van der Waals surface area contributed by atoms with Crippen LogP contribution in [0.4, 0.5) is 0 Å². The predicted molar refractivity (Wildman–Crippen MR) is 162 cm³/mol. The number of fused-ring (bicyclic) bond motifs is 4. The van der Waals surface area contributed by atoms with Gasteiger partial charge in [-0.2, -0.15) is 0 Å². The van der Waals surface area contributed by atoms with Gasteiger partial charge in [0.1, 0.15) is 23.1 Å². The lowest BCUT2D eigenvalue weighted by Crippen LogP contribution is -2.00. The summed E-state index contributed by atoms with van der Waals surface area (Å²) in [6.45, 7) is 0. The maximum absolute atomic E-state index is 6.17. The minimum Gasteiger partial charge on any atom is -0.452 e. The molecule has 0 bridgehead atoms. The topological polar surface area (TPSA) is 77.6 Å². The fourth-order valence-corrected chi connectivity index (χ4v) is 5.20. The van der Waals surface area contributed by atoms with Gasteiger partial charge in [-0.3, -0.25) is 0 Å². The maximum atomic E-state index is 6.17. The van der Waals surface area contributed by atoms with Crippen LogP contribution in [0.15, 0.2) is 132 Å². The number of hydrogen-bond donors (Lipinski definition) is 0. The average Bonchev–Trinajstić information content (AvgIpc) is 3.44. The van der Waals surface area contributed by atoms with Gasteiger partial charge >= 0.3 is 0 Å². The molecule has 0 amide bonds. The summed E-state index contributed by atoms with van der Waals surface area (Å²) in [6.07, 6.45) is 1.60. The van der Waals surface area contributed by atoms with Crippen molar-refractivity contribution in [2.75, 3.05) is 0 Å². The van der Waals surface area contributed by atoms with Gasteiger partial charge in [-0.15, -0.1) is 0 Å². The van der Waals surface area contributed by atoms with Gasteiger partial charge in [0.15, 0.2) is 23.1 Å². The van der Waals surface area contributed by atoms with Crippen molar-refractivity contribution in [1.82, 2.24) is 24.9 Å². The van der Waals surface area contributed by atoms with E-state index < -0.39 is 0 Å². The van der Waals surface area contributed by atoms with Gasteiger partial charge in [0.25, 0.3) is 0 Å². The first-order valence-corrected chi connectivity index (χ1v) is 13.3. The van der Waals surface area contributed by atoms with E-state index in [4.69, 9.17) is 19.4 Å². The lowest BCUT2D eigenvalue weighted by molar-refractivity contribution is 0.667.